The number of carbonyl (C=O) groups is 2. The molecular weight excluding hydrogens is 545 g/mol. The maximum atomic E-state index is 14.2. The number of rotatable bonds is 9. The predicted octanol–water partition coefficient (Wildman–Crippen LogP) is 3.50. The number of piperidine rings is 1. The minimum Gasteiger partial charge on any atom is -0.344 e. The number of benzene rings is 2. The Morgan fingerprint density at radius 2 is 1.77 bits per heavy atom. The second-order valence-electron chi connectivity index (χ2n) is 13.0. The fourth-order valence-electron chi connectivity index (χ4n) is 8.00. The summed E-state index contributed by atoms with van der Waals surface area (Å²) >= 11 is 0. The summed E-state index contributed by atoms with van der Waals surface area (Å²) in [4.78, 5) is 29.9. The van der Waals surface area contributed by atoms with Crippen molar-refractivity contribution in [2.24, 2.45) is 30.0 Å². The van der Waals surface area contributed by atoms with E-state index in [9.17, 15) is 14.0 Å². The van der Waals surface area contributed by atoms with Crippen LogP contribution in [0.5, 0.6) is 0 Å². The van der Waals surface area contributed by atoms with Crippen LogP contribution >= 0.6 is 0 Å². The molecule has 3 unspecified atom stereocenters. The van der Waals surface area contributed by atoms with Crippen LogP contribution < -0.4 is 11.1 Å². The van der Waals surface area contributed by atoms with Crippen LogP contribution in [0.15, 0.2) is 48.5 Å². The maximum Gasteiger partial charge on any atom is 0.245 e. The molecule has 2 aromatic carbocycles. The van der Waals surface area contributed by atoms with Crippen molar-refractivity contribution in [1.82, 2.24) is 30.4 Å². The average Bonchev–Trinajstić information content (AvgIpc) is 3.70. The van der Waals surface area contributed by atoms with Gasteiger partial charge in [0.25, 0.3) is 0 Å². The van der Waals surface area contributed by atoms with Gasteiger partial charge in [-0.25, -0.2) is 9.07 Å². The zero-order valence-electron chi connectivity index (χ0n) is 25.2. The van der Waals surface area contributed by atoms with E-state index >= 15 is 0 Å². The van der Waals surface area contributed by atoms with Crippen molar-refractivity contribution in [2.45, 2.75) is 76.3 Å². The Morgan fingerprint density at radius 3 is 2.40 bits per heavy atom. The smallest absolute Gasteiger partial charge is 0.245 e. The average molecular weight is 588 g/mol. The third-order valence-electron chi connectivity index (χ3n) is 10.8. The van der Waals surface area contributed by atoms with E-state index in [1.807, 2.05) is 24.1 Å². The molecule has 2 aliphatic carbocycles. The number of amides is 2. The molecule has 3 aliphatic rings. The van der Waals surface area contributed by atoms with Gasteiger partial charge in [-0.15, -0.1) is 5.10 Å². The van der Waals surface area contributed by atoms with Gasteiger partial charge in [0, 0.05) is 44.9 Å². The predicted molar refractivity (Wildman–Crippen MR) is 160 cm³/mol. The molecule has 0 spiro atoms. The van der Waals surface area contributed by atoms with Crippen LogP contribution in [0.4, 0.5) is 4.39 Å². The summed E-state index contributed by atoms with van der Waals surface area (Å²) in [6, 6.07) is 13.3. The van der Waals surface area contributed by atoms with Crippen molar-refractivity contribution in [3.63, 3.8) is 0 Å². The van der Waals surface area contributed by atoms with Gasteiger partial charge in [-0.3, -0.25) is 9.59 Å². The SMILES string of the molecule is CCC(C)C1(Cc2nnnn2C)CCN(C(=O)[C@@H](Cc2ccc(F)cc2)NC(=O)[C@@H]2C3CC(c4ccccc43)[C@@H]2N)CC1. The molecule has 2 amide bonds. The van der Waals surface area contributed by atoms with Crippen molar-refractivity contribution >= 4 is 11.8 Å². The van der Waals surface area contributed by atoms with Gasteiger partial charge in [0.15, 0.2) is 5.82 Å². The molecule has 10 heteroatoms. The van der Waals surface area contributed by atoms with Gasteiger partial charge < -0.3 is 16.0 Å². The van der Waals surface area contributed by atoms with Gasteiger partial charge in [0.2, 0.25) is 11.8 Å². The highest BCUT2D eigenvalue weighted by atomic mass is 19.1. The zero-order chi connectivity index (χ0) is 30.3. The molecular formula is C33H42FN7O2. The number of hydrogen-bond donors (Lipinski definition) is 2. The molecule has 6 atom stereocenters. The van der Waals surface area contributed by atoms with Crippen molar-refractivity contribution in [3.8, 4) is 0 Å². The molecule has 3 aromatic rings. The molecule has 2 fully saturated rings. The lowest BCUT2D eigenvalue weighted by molar-refractivity contribution is -0.140. The first kappa shape index (κ1) is 29.4. The van der Waals surface area contributed by atoms with Gasteiger partial charge in [0.05, 0.1) is 5.92 Å². The lowest BCUT2D eigenvalue weighted by Crippen LogP contribution is -2.56. The Morgan fingerprint density at radius 1 is 1.09 bits per heavy atom. The molecule has 1 aromatic heterocycles. The third-order valence-corrected chi connectivity index (χ3v) is 10.8. The van der Waals surface area contributed by atoms with Gasteiger partial charge in [-0.2, -0.15) is 0 Å². The first-order chi connectivity index (χ1) is 20.7. The second-order valence-corrected chi connectivity index (χ2v) is 13.0. The van der Waals surface area contributed by atoms with Crippen LogP contribution in [-0.2, 0) is 29.5 Å². The number of aromatic nitrogens is 4. The molecule has 1 saturated heterocycles. The Labute approximate surface area is 252 Å². The van der Waals surface area contributed by atoms with Gasteiger partial charge in [-0.05, 0) is 75.8 Å². The highest BCUT2D eigenvalue weighted by Gasteiger charge is 2.52. The first-order valence-electron chi connectivity index (χ1n) is 15.6. The number of hydrogen-bond acceptors (Lipinski definition) is 6. The summed E-state index contributed by atoms with van der Waals surface area (Å²) < 4.78 is 15.4. The number of halogens is 1. The van der Waals surface area contributed by atoms with E-state index in [1.165, 1.54) is 23.3 Å². The van der Waals surface area contributed by atoms with Crippen LogP contribution in [-0.4, -0.2) is 62.1 Å². The Balaban J connectivity index is 1.20. The Hall–Kier alpha value is -3.66. The van der Waals surface area contributed by atoms with E-state index in [-0.39, 0.29) is 53.3 Å². The quantitative estimate of drug-likeness (QED) is 0.396. The van der Waals surface area contributed by atoms with Crippen molar-refractivity contribution in [1.29, 1.82) is 0 Å². The summed E-state index contributed by atoms with van der Waals surface area (Å²) in [6.07, 6.45) is 4.58. The highest BCUT2D eigenvalue weighted by molar-refractivity contribution is 5.90. The third kappa shape index (κ3) is 5.46. The topological polar surface area (TPSA) is 119 Å². The zero-order valence-corrected chi connectivity index (χ0v) is 25.2. The molecule has 228 valence electrons. The van der Waals surface area contributed by atoms with E-state index in [2.05, 4.69) is 46.8 Å². The molecule has 0 radical (unpaired) electrons. The number of nitrogens with zero attached hydrogens (tertiary/aromatic N) is 5. The summed E-state index contributed by atoms with van der Waals surface area (Å²) in [5, 5.41) is 15.2. The molecule has 3 N–H and O–H groups in total. The van der Waals surface area contributed by atoms with E-state index in [0.717, 1.165) is 43.5 Å². The fourth-order valence-corrected chi connectivity index (χ4v) is 8.00. The normalized spacial score (nSPS) is 25.3. The lowest BCUT2D eigenvalue weighted by atomic mass is 9.66. The van der Waals surface area contributed by atoms with Crippen LogP contribution in [0.2, 0.25) is 0 Å². The molecule has 1 saturated carbocycles. The summed E-state index contributed by atoms with van der Waals surface area (Å²) in [6.45, 7) is 5.65. The minimum atomic E-state index is -0.765. The highest BCUT2D eigenvalue weighted by Crippen LogP contribution is 2.55. The molecule has 9 nitrogen and oxygen atoms in total. The van der Waals surface area contributed by atoms with Crippen molar-refractivity contribution < 1.29 is 14.0 Å². The van der Waals surface area contributed by atoms with E-state index in [0.29, 0.717) is 19.0 Å². The van der Waals surface area contributed by atoms with Crippen LogP contribution in [0.1, 0.15) is 73.9 Å². The summed E-state index contributed by atoms with van der Waals surface area (Å²) in [5.74, 6) is 0.495. The number of nitrogens with one attached hydrogen (secondary N) is 1. The van der Waals surface area contributed by atoms with Crippen molar-refractivity contribution in [3.05, 3.63) is 76.9 Å². The summed E-state index contributed by atoms with van der Waals surface area (Å²) in [7, 11) is 1.86. The van der Waals surface area contributed by atoms with E-state index in [1.54, 1.807) is 16.8 Å². The lowest BCUT2D eigenvalue weighted by Gasteiger charge is -2.46. The minimum absolute atomic E-state index is 0.0209. The standard InChI is InChI=1S/C33H42FN7O2/c1-4-20(2)33(19-28-37-38-39-40(28)3)13-15-41(16-14-33)32(43)27(17-21-9-11-22(34)12-10-21)36-31(42)29-25-18-26(30(29)35)24-8-6-5-7-23(24)25/h5-12,20,25-27,29-30H,4,13-19,35H2,1-3H3,(H,36,42)/t20?,25?,26?,27-,29-,30+/m1/s1. The Bertz CT molecular complexity index is 1470. The Kier molecular flexibility index (Phi) is 8.06. The summed E-state index contributed by atoms with van der Waals surface area (Å²) in [5.41, 5.74) is 9.89. The number of aryl methyl sites for hydroxylation is 1. The molecule has 43 heavy (non-hydrogen) atoms. The van der Waals surface area contributed by atoms with Gasteiger partial charge in [0.1, 0.15) is 11.9 Å². The molecule has 1 aliphatic heterocycles. The van der Waals surface area contributed by atoms with Gasteiger partial charge in [-0.1, -0.05) is 56.7 Å². The maximum absolute atomic E-state index is 14.2. The molecule has 6 rings (SSSR count). The molecule has 2 bridgehead atoms. The first-order valence-corrected chi connectivity index (χ1v) is 15.6. The second kappa shape index (κ2) is 11.8. The number of fused-ring (bicyclic) bond motifs is 5. The fraction of sp³-hybridized carbons (Fsp3) is 0.545. The number of carbonyl (C=O) groups excluding carboxylic acids is 2. The number of tetrazole rings is 1. The largest absolute Gasteiger partial charge is 0.344 e. The van der Waals surface area contributed by atoms with Crippen LogP contribution in [0, 0.1) is 23.1 Å². The number of likely N-dealkylation sites (tertiary alicyclic amines) is 1. The van der Waals surface area contributed by atoms with Crippen molar-refractivity contribution in [2.75, 3.05) is 13.1 Å². The van der Waals surface area contributed by atoms with Crippen LogP contribution in [0.3, 0.4) is 0 Å². The van der Waals surface area contributed by atoms with Crippen LogP contribution in [0.25, 0.3) is 0 Å². The van der Waals surface area contributed by atoms with Gasteiger partial charge >= 0.3 is 0 Å². The monoisotopic (exact) mass is 587 g/mol. The van der Waals surface area contributed by atoms with E-state index < -0.39 is 6.04 Å². The van der Waals surface area contributed by atoms with E-state index in [4.69, 9.17) is 5.73 Å². The molecule has 2 heterocycles. The number of nitrogens with two attached hydrogens (primary N) is 1.